The van der Waals surface area contributed by atoms with Gasteiger partial charge >= 0.3 is 5.97 Å². The van der Waals surface area contributed by atoms with Crippen molar-refractivity contribution in [2.24, 2.45) is 5.41 Å². The predicted octanol–water partition coefficient (Wildman–Crippen LogP) is 4.02. The minimum atomic E-state index is -0.834. The Bertz CT molecular complexity index is 400. The van der Waals surface area contributed by atoms with Crippen molar-refractivity contribution in [2.45, 2.75) is 33.1 Å². The van der Waals surface area contributed by atoms with Crippen LogP contribution in [0.2, 0.25) is 0 Å². The molecule has 0 saturated heterocycles. The zero-order chi connectivity index (χ0) is 13.1. The molecular weight excluding hydrogens is 287 g/mol. The Morgan fingerprint density at radius 1 is 1.47 bits per heavy atom. The molecule has 0 amide bonds. The molecule has 0 heterocycles. The summed E-state index contributed by atoms with van der Waals surface area (Å²) in [7, 11) is 0. The summed E-state index contributed by atoms with van der Waals surface area (Å²) in [6, 6.07) is 4.52. The highest BCUT2D eigenvalue weighted by Crippen LogP contribution is 2.30. The molecule has 1 atom stereocenters. The monoisotopic (exact) mass is 302 g/mol. The van der Waals surface area contributed by atoms with Crippen molar-refractivity contribution >= 4 is 21.9 Å². The number of carbonyl (C=O) groups is 1. The lowest BCUT2D eigenvalue weighted by molar-refractivity contribution is -0.148. The van der Waals surface area contributed by atoms with Crippen LogP contribution in [0.5, 0.6) is 0 Å². The number of rotatable bonds is 5. The van der Waals surface area contributed by atoms with Crippen molar-refractivity contribution in [2.75, 3.05) is 0 Å². The van der Waals surface area contributed by atoms with Crippen LogP contribution in [0.25, 0.3) is 0 Å². The van der Waals surface area contributed by atoms with Gasteiger partial charge in [0.1, 0.15) is 5.82 Å². The summed E-state index contributed by atoms with van der Waals surface area (Å²) in [5.74, 6) is -1.18. The fourth-order valence-corrected chi connectivity index (χ4v) is 2.50. The zero-order valence-corrected chi connectivity index (χ0v) is 11.6. The van der Waals surface area contributed by atoms with E-state index in [4.69, 9.17) is 0 Å². The van der Waals surface area contributed by atoms with Crippen molar-refractivity contribution < 1.29 is 14.3 Å². The van der Waals surface area contributed by atoms with E-state index in [9.17, 15) is 14.3 Å². The molecule has 0 aliphatic rings. The predicted molar refractivity (Wildman–Crippen MR) is 68.5 cm³/mol. The first-order valence-corrected chi connectivity index (χ1v) is 6.35. The lowest BCUT2D eigenvalue weighted by Crippen LogP contribution is -2.29. The molecule has 0 spiro atoms. The molecule has 1 aromatic rings. The van der Waals surface area contributed by atoms with Gasteiger partial charge in [-0.1, -0.05) is 29.3 Å². The Labute approximate surface area is 109 Å². The van der Waals surface area contributed by atoms with Crippen LogP contribution in [-0.4, -0.2) is 11.1 Å². The molecule has 1 N–H and O–H groups in total. The van der Waals surface area contributed by atoms with E-state index < -0.39 is 11.4 Å². The number of carboxylic acid groups (broad SMARTS) is 1. The fourth-order valence-electron chi connectivity index (χ4n) is 1.99. The Morgan fingerprint density at radius 3 is 2.59 bits per heavy atom. The first-order valence-electron chi connectivity index (χ1n) is 5.56. The largest absolute Gasteiger partial charge is 0.481 e. The Hall–Kier alpha value is -0.900. The summed E-state index contributed by atoms with van der Waals surface area (Å²) >= 11 is 3.21. The third-order valence-corrected chi connectivity index (χ3v) is 3.29. The average molecular weight is 303 g/mol. The quantitative estimate of drug-likeness (QED) is 0.892. The van der Waals surface area contributed by atoms with E-state index in [2.05, 4.69) is 15.9 Å². The molecule has 0 bridgehead atoms. The van der Waals surface area contributed by atoms with E-state index in [0.29, 0.717) is 22.9 Å². The lowest BCUT2D eigenvalue weighted by atomic mass is 9.80. The van der Waals surface area contributed by atoms with Crippen LogP contribution in [0.3, 0.4) is 0 Å². The number of benzene rings is 1. The van der Waals surface area contributed by atoms with E-state index >= 15 is 0 Å². The molecule has 0 aromatic heterocycles. The molecule has 0 saturated carbocycles. The standard InChI is InChI=1S/C13H16BrFO2/c1-3-4-13(2,12(16)17)8-9-5-10(14)7-11(15)6-9/h5-7H,3-4,8H2,1-2H3,(H,16,17). The first kappa shape index (κ1) is 14.2. The van der Waals surface area contributed by atoms with Crippen LogP contribution >= 0.6 is 15.9 Å². The van der Waals surface area contributed by atoms with Gasteiger partial charge in [-0.15, -0.1) is 0 Å². The zero-order valence-electron chi connectivity index (χ0n) is 9.96. The molecule has 1 rings (SSSR count). The summed E-state index contributed by atoms with van der Waals surface area (Å²) in [5.41, 5.74) is -0.127. The molecule has 0 aliphatic heterocycles. The summed E-state index contributed by atoms with van der Waals surface area (Å²) in [6.45, 7) is 3.65. The number of aliphatic carboxylic acids is 1. The van der Waals surface area contributed by atoms with Crippen LogP contribution in [0, 0.1) is 11.2 Å². The highest BCUT2D eigenvalue weighted by molar-refractivity contribution is 9.10. The summed E-state index contributed by atoms with van der Waals surface area (Å²) in [6.07, 6.45) is 1.71. The number of hydrogen-bond donors (Lipinski definition) is 1. The van der Waals surface area contributed by atoms with Crippen molar-refractivity contribution in [3.63, 3.8) is 0 Å². The normalized spacial score (nSPS) is 14.4. The van der Waals surface area contributed by atoms with Crippen LogP contribution in [0.1, 0.15) is 32.3 Å². The molecule has 0 fully saturated rings. The van der Waals surface area contributed by atoms with E-state index in [1.807, 2.05) is 6.92 Å². The SMILES string of the molecule is CCCC(C)(Cc1cc(F)cc(Br)c1)C(=O)O. The second-order valence-corrected chi connectivity index (χ2v) is 5.49. The number of hydrogen-bond acceptors (Lipinski definition) is 1. The number of carboxylic acids is 1. The maximum absolute atomic E-state index is 13.2. The van der Waals surface area contributed by atoms with Gasteiger partial charge in [0.15, 0.2) is 0 Å². The van der Waals surface area contributed by atoms with Gasteiger partial charge in [-0.25, -0.2) is 4.39 Å². The van der Waals surface area contributed by atoms with E-state index in [1.54, 1.807) is 13.0 Å². The Morgan fingerprint density at radius 2 is 2.12 bits per heavy atom. The molecular formula is C13H16BrFO2. The van der Waals surface area contributed by atoms with Crippen molar-refractivity contribution in [1.82, 2.24) is 0 Å². The third-order valence-electron chi connectivity index (χ3n) is 2.83. The highest BCUT2D eigenvalue weighted by atomic mass is 79.9. The second kappa shape index (κ2) is 5.63. The van der Waals surface area contributed by atoms with E-state index in [-0.39, 0.29) is 5.82 Å². The fraction of sp³-hybridized carbons (Fsp3) is 0.462. The van der Waals surface area contributed by atoms with E-state index in [0.717, 1.165) is 6.42 Å². The van der Waals surface area contributed by atoms with Gasteiger partial charge in [0.2, 0.25) is 0 Å². The van der Waals surface area contributed by atoms with Gasteiger partial charge in [0.05, 0.1) is 5.41 Å². The lowest BCUT2D eigenvalue weighted by Gasteiger charge is -2.24. The van der Waals surface area contributed by atoms with Gasteiger partial charge in [-0.3, -0.25) is 4.79 Å². The molecule has 2 nitrogen and oxygen atoms in total. The minimum absolute atomic E-state index is 0.340. The summed E-state index contributed by atoms with van der Waals surface area (Å²) < 4.78 is 13.8. The topological polar surface area (TPSA) is 37.3 Å². The molecule has 0 radical (unpaired) electrons. The van der Waals surface area contributed by atoms with Crippen molar-refractivity contribution in [3.8, 4) is 0 Å². The maximum Gasteiger partial charge on any atom is 0.309 e. The van der Waals surface area contributed by atoms with Gasteiger partial charge in [0.25, 0.3) is 0 Å². The van der Waals surface area contributed by atoms with Crippen LogP contribution in [0.4, 0.5) is 4.39 Å². The smallest absolute Gasteiger partial charge is 0.309 e. The maximum atomic E-state index is 13.2. The Balaban J connectivity index is 2.97. The molecule has 94 valence electrons. The molecule has 1 unspecified atom stereocenters. The van der Waals surface area contributed by atoms with Gasteiger partial charge < -0.3 is 5.11 Å². The van der Waals surface area contributed by atoms with Crippen LogP contribution in [-0.2, 0) is 11.2 Å². The van der Waals surface area contributed by atoms with E-state index in [1.165, 1.54) is 12.1 Å². The van der Waals surface area contributed by atoms with Crippen molar-refractivity contribution in [3.05, 3.63) is 34.1 Å². The highest BCUT2D eigenvalue weighted by Gasteiger charge is 2.32. The van der Waals surface area contributed by atoms with Crippen LogP contribution < -0.4 is 0 Å². The number of halogens is 2. The van der Waals surface area contributed by atoms with Gasteiger partial charge in [-0.05, 0) is 43.5 Å². The second-order valence-electron chi connectivity index (χ2n) is 4.57. The minimum Gasteiger partial charge on any atom is -0.481 e. The summed E-state index contributed by atoms with van der Waals surface area (Å²) in [4.78, 5) is 11.3. The first-order chi connectivity index (χ1) is 7.87. The average Bonchev–Trinajstić information content (AvgIpc) is 2.15. The van der Waals surface area contributed by atoms with Crippen LogP contribution in [0.15, 0.2) is 22.7 Å². The molecule has 4 heteroatoms. The van der Waals surface area contributed by atoms with Gasteiger partial charge in [-0.2, -0.15) is 0 Å². The van der Waals surface area contributed by atoms with Crippen molar-refractivity contribution in [1.29, 1.82) is 0 Å². The Kier molecular flexibility index (Phi) is 4.69. The molecule has 1 aromatic carbocycles. The molecule has 17 heavy (non-hydrogen) atoms. The summed E-state index contributed by atoms with van der Waals surface area (Å²) in [5, 5.41) is 9.26. The van der Waals surface area contributed by atoms with Gasteiger partial charge in [0, 0.05) is 4.47 Å². The molecule has 0 aliphatic carbocycles. The third kappa shape index (κ3) is 3.80.